The molecule has 6 rings (SSSR count). The Hall–Kier alpha value is -3.72. The largest absolute Gasteiger partial charge is 0.458 e. The van der Waals surface area contributed by atoms with Gasteiger partial charge >= 0.3 is 5.97 Å². The number of aromatic nitrogens is 2. The molecule has 4 heterocycles. The minimum atomic E-state index is -1.91. The molecule has 0 amide bonds. The molecule has 8 nitrogen and oxygen atoms in total. The van der Waals surface area contributed by atoms with E-state index in [1.54, 1.807) is 24.5 Å². The van der Waals surface area contributed by atoms with Crippen LogP contribution in [0.1, 0.15) is 59.2 Å². The summed E-state index contributed by atoms with van der Waals surface area (Å²) in [5.74, 6) is -0.781. The number of hydrogen-bond acceptors (Lipinski definition) is 7. The van der Waals surface area contributed by atoms with Crippen molar-refractivity contribution in [3.63, 3.8) is 0 Å². The van der Waals surface area contributed by atoms with Gasteiger partial charge < -0.3 is 25.5 Å². The normalized spacial score (nSPS) is 21.8. The fourth-order valence-electron chi connectivity index (χ4n) is 5.92. The average Bonchev–Trinajstić information content (AvgIpc) is 3.19. The highest BCUT2D eigenvalue weighted by molar-refractivity contribution is 5.93. The maximum atomic E-state index is 14.9. The Labute approximate surface area is 200 Å². The number of nitrogens with two attached hydrogens (primary N) is 1. The number of nitrogens with one attached hydrogen (secondary N) is 1. The lowest BCUT2D eigenvalue weighted by atomic mass is 9.81. The van der Waals surface area contributed by atoms with E-state index < -0.39 is 11.6 Å². The molecule has 0 saturated carbocycles. The van der Waals surface area contributed by atoms with Gasteiger partial charge in [0.15, 0.2) is 5.60 Å². The molecule has 35 heavy (non-hydrogen) atoms. The first-order valence-corrected chi connectivity index (χ1v) is 11.7. The molecule has 0 bridgehead atoms. The third kappa shape index (κ3) is 2.78. The summed E-state index contributed by atoms with van der Waals surface area (Å²) in [6, 6.07) is 2.91. The van der Waals surface area contributed by atoms with E-state index in [1.165, 1.54) is 6.07 Å². The molecule has 4 N–H and O–H groups in total. The van der Waals surface area contributed by atoms with Crippen LogP contribution >= 0.6 is 0 Å². The SMILES string of the molecule is C=C(N)NC1CCc2c(C)c(F)cc3nc4c(c1c23)Cn1c-4cc2c(c1=O)COC(=O)C2(O)CC. The molecule has 0 spiro atoms. The minimum absolute atomic E-state index is 0.0590. The van der Waals surface area contributed by atoms with Crippen molar-refractivity contribution in [2.45, 2.75) is 57.9 Å². The van der Waals surface area contributed by atoms with Crippen LogP contribution in [0.15, 0.2) is 29.3 Å². The number of cyclic esters (lactones) is 1. The summed E-state index contributed by atoms with van der Waals surface area (Å²) in [5, 5.41) is 15.2. The number of halogens is 1. The molecule has 1 aliphatic carbocycles. The van der Waals surface area contributed by atoms with E-state index in [2.05, 4.69) is 11.9 Å². The zero-order valence-electron chi connectivity index (χ0n) is 19.5. The van der Waals surface area contributed by atoms with E-state index in [0.717, 1.165) is 22.1 Å². The first-order chi connectivity index (χ1) is 16.7. The fourth-order valence-corrected chi connectivity index (χ4v) is 5.92. The lowest BCUT2D eigenvalue weighted by molar-refractivity contribution is -0.172. The summed E-state index contributed by atoms with van der Waals surface area (Å²) in [7, 11) is 0. The van der Waals surface area contributed by atoms with Crippen LogP contribution < -0.4 is 16.6 Å². The maximum Gasteiger partial charge on any atom is 0.343 e. The number of esters is 1. The number of ether oxygens (including phenoxy) is 1. The fraction of sp³-hybridized carbons (Fsp3) is 0.346. The Balaban J connectivity index is 1.68. The summed E-state index contributed by atoms with van der Waals surface area (Å²) in [6.07, 6.45) is 1.39. The van der Waals surface area contributed by atoms with E-state index in [1.807, 2.05) is 0 Å². The molecule has 0 fully saturated rings. The molecule has 9 heteroatoms. The van der Waals surface area contributed by atoms with Crippen molar-refractivity contribution in [3.8, 4) is 11.4 Å². The van der Waals surface area contributed by atoms with Crippen LogP contribution in [-0.2, 0) is 34.7 Å². The number of carbonyl (C=O) groups is 1. The van der Waals surface area contributed by atoms with Crippen molar-refractivity contribution in [2.24, 2.45) is 5.73 Å². The molecule has 2 unspecified atom stereocenters. The van der Waals surface area contributed by atoms with Gasteiger partial charge in [-0.05, 0) is 48.9 Å². The van der Waals surface area contributed by atoms with Gasteiger partial charge in [0.2, 0.25) is 0 Å². The van der Waals surface area contributed by atoms with Gasteiger partial charge in [0.25, 0.3) is 5.56 Å². The Kier molecular flexibility index (Phi) is 4.45. The number of pyridine rings is 2. The molecule has 2 atom stereocenters. The van der Waals surface area contributed by atoms with Gasteiger partial charge in [0.05, 0.1) is 40.9 Å². The molecule has 180 valence electrons. The quantitative estimate of drug-likeness (QED) is 0.389. The lowest BCUT2D eigenvalue weighted by Gasteiger charge is -2.31. The van der Waals surface area contributed by atoms with Crippen LogP contribution in [0.5, 0.6) is 0 Å². The highest BCUT2D eigenvalue weighted by atomic mass is 19.1. The standard InChI is InChI=1S/C26H25FN4O4/c1-4-26(34)16-7-20-23-14(9-31(20)24(32)15(16)10-35-25(26)33)22-18(29-12(3)28)6-5-13-11(2)17(27)8-19(30-23)21(13)22/h7-8,18,29,34H,3-6,9-10,28H2,1-2H3. The first kappa shape index (κ1) is 21.8. The second kappa shape index (κ2) is 7.14. The van der Waals surface area contributed by atoms with Crippen molar-refractivity contribution < 1.29 is 19.0 Å². The molecule has 1 aromatic carbocycles. The molecular weight excluding hydrogens is 451 g/mol. The highest BCUT2D eigenvalue weighted by Crippen LogP contribution is 2.45. The van der Waals surface area contributed by atoms with Gasteiger partial charge in [-0.15, -0.1) is 0 Å². The van der Waals surface area contributed by atoms with Crippen molar-refractivity contribution in [1.82, 2.24) is 14.9 Å². The number of nitrogens with zero attached hydrogens (tertiary/aromatic N) is 2. The van der Waals surface area contributed by atoms with E-state index in [9.17, 15) is 19.1 Å². The van der Waals surface area contributed by atoms with Crippen LogP contribution in [-0.4, -0.2) is 20.6 Å². The molecular formula is C26H25FN4O4. The topological polar surface area (TPSA) is 119 Å². The molecule has 2 aliphatic heterocycles. The molecule has 2 aromatic heterocycles. The van der Waals surface area contributed by atoms with Gasteiger partial charge in [-0.25, -0.2) is 14.2 Å². The van der Waals surface area contributed by atoms with E-state index in [0.29, 0.717) is 41.1 Å². The lowest BCUT2D eigenvalue weighted by Crippen LogP contribution is -2.44. The van der Waals surface area contributed by atoms with Gasteiger partial charge in [-0.2, -0.15) is 0 Å². The number of rotatable bonds is 3. The van der Waals surface area contributed by atoms with Gasteiger partial charge in [-0.1, -0.05) is 13.5 Å². The smallest absolute Gasteiger partial charge is 0.343 e. The van der Waals surface area contributed by atoms with Crippen molar-refractivity contribution in [1.29, 1.82) is 0 Å². The highest BCUT2D eigenvalue weighted by Gasteiger charge is 2.45. The number of aryl methyl sites for hydroxylation is 1. The zero-order chi connectivity index (χ0) is 24.8. The van der Waals surface area contributed by atoms with Crippen LogP contribution in [0.3, 0.4) is 0 Å². The second-order valence-electron chi connectivity index (χ2n) is 9.57. The van der Waals surface area contributed by atoms with Crippen molar-refractivity contribution in [3.05, 3.63) is 74.1 Å². The Morgan fingerprint density at radius 3 is 2.86 bits per heavy atom. The predicted octanol–water partition coefficient (Wildman–Crippen LogP) is 2.53. The Bertz CT molecular complexity index is 1560. The van der Waals surface area contributed by atoms with Crippen LogP contribution in [0, 0.1) is 12.7 Å². The first-order valence-electron chi connectivity index (χ1n) is 11.7. The molecule has 0 radical (unpaired) electrons. The number of benzene rings is 1. The number of carbonyl (C=O) groups excluding carboxylic acids is 1. The van der Waals surface area contributed by atoms with E-state index in [-0.39, 0.29) is 48.1 Å². The number of hydrogen-bond donors (Lipinski definition) is 3. The van der Waals surface area contributed by atoms with Gasteiger partial charge in [-0.3, -0.25) is 4.79 Å². The number of fused-ring (bicyclic) bond motifs is 5. The average molecular weight is 477 g/mol. The molecule has 3 aliphatic rings. The summed E-state index contributed by atoms with van der Waals surface area (Å²) in [4.78, 5) is 30.8. The molecule has 0 saturated heterocycles. The second-order valence-corrected chi connectivity index (χ2v) is 9.57. The van der Waals surface area contributed by atoms with E-state index in [4.69, 9.17) is 15.5 Å². The van der Waals surface area contributed by atoms with Crippen molar-refractivity contribution in [2.75, 3.05) is 0 Å². The third-order valence-electron chi connectivity index (χ3n) is 7.74. The summed E-state index contributed by atoms with van der Waals surface area (Å²) in [6.45, 7) is 7.29. The minimum Gasteiger partial charge on any atom is -0.458 e. The third-order valence-corrected chi connectivity index (χ3v) is 7.74. The number of aliphatic hydroxyl groups is 1. The summed E-state index contributed by atoms with van der Waals surface area (Å²) in [5.41, 5.74) is 8.97. The van der Waals surface area contributed by atoms with Crippen LogP contribution in [0.25, 0.3) is 22.3 Å². The molecule has 3 aromatic rings. The zero-order valence-corrected chi connectivity index (χ0v) is 19.5. The Morgan fingerprint density at radius 2 is 2.14 bits per heavy atom. The maximum absolute atomic E-state index is 14.9. The van der Waals surface area contributed by atoms with Crippen LogP contribution in [0.2, 0.25) is 0 Å². The Morgan fingerprint density at radius 1 is 1.37 bits per heavy atom. The van der Waals surface area contributed by atoms with Gasteiger partial charge in [0.1, 0.15) is 12.4 Å². The predicted molar refractivity (Wildman–Crippen MR) is 127 cm³/mol. The summed E-state index contributed by atoms with van der Waals surface area (Å²) >= 11 is 0. The summed E-state index contributed by atoms with van der Waals surface area (Å²) < 4.78 is 21.6. The van der Waals surface area contributed by atoms with Gasteiger partial charge in [0, 0.05) is 22.6 Å². The van der Waals surface area contributed by atoms with Crippen molar-refractivity contribution >= 4 is 16.9 Å². The van der Waals surface area contributed by atoms with E-state index >= 15 is 0 Å². The van der Waals surface area contributed by atoms with Crippen LogP contribution in [0.4, 0.5) is 4.39 Å². The monoisotopic (exact) mass is 476 g/mol.